The first-order valence-corrected chi connectivity index (χ1v) is 20.5. The van der Waals surface area contributed by atoms with Crippen molar-refractivity contribution in [2.75, 3.05) is 6.54 Å². The van der Waals surface area contributed by atoms with Crippen LogP contribution >= 0.6 is 39.1 Å². The van der Waals surface area contributed by atoms with Gasteiger partial charge >= 0.3 is 12.1 Å². The SMILES string of the molecule is CC(C)(C)OC(=O)N1CCCC1C(=O)O[C@H]1CCc2c(ccc3c2OCc2cc(Cl)ccc2-3)C1=O.O=C1c2ccc3c(c2CCC1Br)OCc1cc(Cl)ccc1-3. The van der Waals surface area contributed by atoms with Gasteiger partial charge < -0.3 is 18.9 Å². The lowest BCUT2D eigenvalue weighted by molar-refractivity contribution is -0.152. The Kier molecular flexibility index (Phi) is 10.4. The molecule has 3 heterocycles. The zero-order valence-corrected chi connectivity index (χ0v) is 34.3. The molecular formula is C44H40BrCl2NO8. The second-order valence-corrected chi connectivity index (χ2v) is 17.6. The summed E-state index contributed by atoms with van der Waals surface area (Å²) in [7, 11) is 0. The lowest BCUT2D eigenvalue weighted by Crippen LogP contribution is -2.45. The Hall–Kier alpha value is -4.38. The molecule has 0 N–H and O–H groups in total. The van der Waals surface area contributed by atoms with Crippen LogP contribution in [0, 0.1) is 0 Å². The van der Waals surface area contributed by atoms with Crippen LogP contribution in [-0.2, 0) is 40.3 Å². The highest BCUT2D eigenvalue weighted by atomic mass is 79.9. The van der Waals surface area contributed by atoms with E-state index >= 15 is 0 Å². The molecule has 3 aliphatic heterocycles. The Bertz CT molecular complexity index is 2300. The second-order valence-electron chi connectivity index (χ2n) is 15.6. The predicted octanol–water partition coefficient (Wildman–Crippen LogP) is 10.1. The van der Waals surface area contributed by atoms with Gasteiger partial charge in [-0.2, -0.15) is 0 Å². The fourth-order valence-corrected chi connectivity index (χ4v) is 9.05. The highest BCUT2D eigenvalue weighted by Crippen LogP contribution is 2.46. The predicted molar refractivity (Wildman–Crippen MR) is 216 cm³/mol. The van der Waals surface area contributed by atoms with Crippen LogP contribution in [0.4, 0.5) is 4.79 Å². The van der Waals surface area contributed by atoms with E-state index in [1.165, 1.54) is 4.90 Å². The van der Waals surface area contributed by atoms with Gasteiger partial charge in [-0.05, 0) is 118 Å². The van der Waals surface area contributed by atoms with Gasteiger partial charge in [0.15, 0.2) is 11.9 Å². The number of Topliss-reactive ketones (excluding diaryl/α,β-unsaturated/α-hetero) is 2. The highest BCUT2D eigenvalue weighted by Gasteiger charge is 2.41. The molecular weight excluding hydrogens is 821 g/mol. The number of likely N-dealkylation sites (tertiary alicyclic amines) is 1. The monoisotopic (exact) mass is 859 g/mol. The molecule has 4 aromatic rings. The van der Waals surface area contributed by atoms with Crippen LogP contribution in [0.2, 0.25) is 10.0 Å². The summed E-state index contributed by atoms with van der Waals surface area (Å²) in [6, 6.07) is 18.4. The van der Waals surface area contributed by atoms with Gasteiger partial charge in [-0.1, -0.05) is 63.4 Å². The van der Waals surface area contributed by atoms with Crippen molar-refractivity contribution < 1.29 is 38.1 Å². The van der Waals surface area contributed by atoms with Crippen molar-refractivity contribution in [2.24, 2.45) is 0 Å². The van der Waals surface area contributed by atoms with Crippen LogP contribution in [0.25, 0.3) is 22.3 Å². The molecule has 0 radical (unpaired) electrons. The van der Waals surface area contributed by atoms with Crippen molar-refractivity contribution in [3.63, 3.8) is 0 Å². The van der Waals surface area contributed by atoms with Crippen molar-refractivity contribution in [1.29, 1.82) is 0 Å². The molecule has 1 amide bonds. The van der Waals surface area contributed by atoms with Gasteiger partial charge in [-0.3, -0.25) is 14.5 Å². The molecule has 3 atom stereocenters. The molecule has 56 heavy (non-hydrogen) atoms. The number of carbonyl (C=O) groups is 4. The van der Waals surface area contributed by atoms with Crippen molar-refractivity contribution in [2.45, 2.75) is 95.1 Å². The van der Waals surface area contributed by atoms with Crippen molar-refractivity contribution in [1.82, 2.24) is 4.90 Å². The molecule has 2 aliphatic carbocycles. The molecule has 4 aromatic carbocycles. The summed E-state index contributed by atoms with van der Waals surface area (Å²) in [5.41, 5.74) is 8.83. The van der Waals surface area contributed by atoms with Gasteiger partial charge in [0.25, 0.3) is 0 Å². The third-order valence-corrected chi connectivity index (χ3v) is 12.1. The van der Waals surface area contributed by atoms with E-state index in [2.05, 4.69) is 15.9 Å². The molecule has 0 spiro atoms. The average Bonchev–Trinajstić information content (AvgIpc) is 3.67. The Morgan fingerprint density at radius 3 is 1.82 bits per heavy atom. The van der Waals surface area contributed by atoms with Crippen LogP contribution in [0.15, 0.2) is 60.7 Å². The Morgan fingerprint density at radius 1 is 0.732 bits per heavy atom. The fraction of sp³-hybridized carbons (Fsp3) is 0.364. The number of hydrogen-bond acceptors (Lipinski definition) is 8. The van der Waals surface area contributed by atoms with Crippen LogP contribution < -0.4 is 9.47 Å². The number of halogens is 3. The summed E-state index contributed by atoms with van der Waals surface area (Å²) < 4.78 is 23.1. The zero-order valence-electron chi connectivity index (χ0n) is 31.2. The Morgan fingerprint density at radius 2 is 1.25 bits per heavy atom. The van der Waals surface area contributed by atoms with Gasteiger partial charge in [-0.25, -0.2) is 9.59 Å². The second kappa shape index (κ2) is 15.2. The number of esters is 1. The minimum absolute atomic E-state index is 0.0715. The van der Waals surface area contributed by atoms with Crippen molar-refractivity contribution >= 4 is 62.8 Å². The quantitative estimate of drug-likeness (QED) is 0.145. The van der Waals surface area contributed by atoms with Crippen molar-refractivity contribution in [3.05, 3.63) is 104 Å². The topological polar surface area (TPSA) is 108 Å². The van der Waals surface area contributed by atoms with E-state index in [1.54, 1.807) is 26.8 Å². The molecule has 0 bridgehead atoms. The normalized spacial score (nSPS) is 20.3. The average molecular weight is 862 g/mol. The summed E-state index contributed by atoms with van der Waals surface area (Å²) in [5.74, 6) is 0.937. The molecule has 1 fully saturated rings. The Balaban J connectivity index is 0.000000178. The standard InChI is InChI=1S/C27H28ClNO6.C17H12BrClO2/c1-27(2,3)35-26(32)29-12-4-5-21(29)25(31)34-22-11-10-20-18(23(22)30)8-9-19-17-7-6-16(28)13-15(17)14-33-24(19)20;18-15-6-5-14-12(16(15)20)3-4-13-11-2-1-10(19)7-9(11)8-21-17(13)14/h6-9,13,21-22H,4-5,10-12,14H2,1-3H3;1-4,7,15H,5-6,8H2/t21?,22-;/m0./s1. The minimum atomic E-state index is -0.885. The van der Waals surface area contributed by atoms with E-state index < -0.39 is 29.8 Å². The molecule has 290 valence electrons. The number of nitrogens with zero attached hydrogens (tertiary/aromatic N) is 1. The lowest BCUT2D eigenvalue weighted by atomic mass is 9.84. The molecule has 2 unspecified atom stereocenters. The third-order valence-electron chi connectivity index (χ3n) is 10.8. The molecule has 0 saturated carbocycles. The first-order chi connectivity index (χ1) is 26.8. The summed E-state index contributed by atoms with van der Waals surface area (Å²) >= 11 is 15.6. The number of alkyl halides is 1. The summed E-state index contributed by atoms with van der Waals surface area (Å²) in [6.45, 7) is 6.65. The first-order valence-electron chi connectivity index (χ1n) is 18.8. The van der Waals surface area contributed by atoms with E-state index in [9.17, 15) is 19.2 Å². The highest BCUT2D eigenvalue weighted by molar-refractivity contribution is 9.10. The van der Waals surface area contributed by atoms with E-state index in [-0.39, 0.29) is 16.4 Å². The fourth-order valence-electron chi connectivity index (χ4n) is 8.19. The van der Waals surface area contributed by atoms with Gasteiger partial charge in [0.1, 0.15) is 36.4 Å². The van der Waals surface area contributed by atoms with Gasteiger partial charge in [-0.15, -0.1) is 0 Å². The van der Waals surface area contributed by atoms with Crippen LogP contribution in [-0.4, -0.2) is 57.6 Å². The number of ether oxygens (including phenoxy) is 4. The maximum Gasteiger partial charge on any atom is 0.411 e. The molecule has 5 aliphatic rings. The Labute approximate surface area is 343 Å². The molecule has 12 heteroatoms. The molecule has 9 rings (SSSR count). The third kappa shape index (κ3) is 7.32. The van der Waals surface area contributed by atoms with E-state index in [0.29, 0.717) is 61.8 Å². The van der Waals surface area contributed by atoms with Crippen LogP contribution in [0.3, 0.4) is 0 Å². The smallest absolute Gasteiger partial charge is 0.411 e. The van der Waals surface area contributed by atoms with E-state index in [1.807, 2.05) is 54.6 Å². The maximum atomic E-state index is 13.3. The molecule has 0 aromatic heterocycles. The number of fused-ring (bicyclic) bond motifs is 10. The van der Waals surface area contributed by atoms with Gasteiger partial charge in [0.2, 0.25) is 5.78 Å². The summed E-state index contributed by atoms with van der Waals surface area (Å²) in [5, 5.41) is 1.37. The van der Waals surface area contributed by atoms with E-state index in [0.717, 1.165) is 73.7 Å². The number of ketones is 2. The van der Waals surface area contributed by atoms with E-state index in [4.69, 9.17) is 42.1 Å². The van der Waals surface area contributed by atoms with Gasteiger partial charge in [0.05, 0.1) is 4.83 Å². The number of rotatable bonds is 2. The summed E-state index contributed by atoms with van der Waals surface area (Å²) in [6.07, 6.45) is 2.33. The van der Waals surface area contributed by atoms with Crippen LogP contribution in [0.5, 0.6) is 11.5 Å². The summed E-state index contributed by atoms with van der Waals surface area (Å²) in [4.78, 5) is 52.4. The minimum Gasteiger partial charge on any atom is -0.488 e. The molecule has 9 nitrogen and oxygen atoms in total. The maximum absolute atomic E-state index is 13.3. The zero-order chi connectivity index (χ0) is 39.5. The van der Waals surface area contributed by atoms with Crippen molar-refractivity contribution in [3.8, 4) is 33.8 Å². The lowest BCUT2D eigenvalue weighted by Gasteiger charge is -2.31. The number of amides is 1. The number of benzene rings is 4. The largest absolute Gasteiger partial charge is 0.488 e. The first kappa shape index (κ1) is 38.5. The number of carbonyl (C=O) groups excluding carboxylic acids is 4. The number of hydrogen-bond donors (Lipinski definition) is 0. The van der Waals surface area contributed by atoms with Gasteiger partial charge in [0, 0.05) is 50.0 Å². The van der Waals surface area contributed by atoms with Crippen LogP contribution in [0.1, 0.15) is 89.4 Å². The molecule has 1 saturated heterocycles.